The Kier molecular flexibility index (Phi) is 5.70. The zero-order chi connectivity index (χ0) is 18.6. The molecule has 2 atom stereocenters. The lowest BCUT2D eigenvalue weighted by atomic mass is 9.77. The molecular formula is C20H21NO4. The molecule has 0 aromatic heterocycles. The molecule has 0 bridgehead atoms. The van der Waals surface area contributed by atoms with Crippen molar-refractivity contribution in [2.75, 3.05) is 7.11 Å². The van der Waals surface area contributed by atoms with E-state index in [1.54, 1.807) is 19.2 Å². The molecule has 0 fully saturated rings. The van der Waals surface area contributed by atoms with Crippen LogP contribution in [0.2, 0.25) is 0 Å². The lowest BCUT2D eigenvalue weighted by molar-refractivity contribution is -0.384. The maximum absolute atomic E-state index is 11.9. The van der Waals surface area contributed by atoms with Gasteiger partial charge in [-0.1, -0.05) is 37.8 Å². The smallest absolute Gasteiger partial charge is 0.269 e. The van der Waals surface area contributed by atoms with Crippen LogP contribution in [-0.2, 0) is 4.79 Å². The number of rotatable bonds is 7. The van der Waals surface area contributed by atoms with Gasteiger partial charge in [-0.05, 0) is 41.7 Å². The Bertz CT molecular complexity index is 778. The molecule has 0 saturated heterocycles. The molecule has 0 radical (unpaired) electrons. The van der Waals surface area contributed by atoms with E-state index in [1.165, 1.54) is 19.1 Å². The van der Waals surface area contributed by atoms with Crippen molar-refractivity contribution >= 4 is 11.5 Å². The van der Waals surface area contributed by atoms with Crippen LogP contribution >= 0.6 is 0 Å². The third-order valence-electron chi connectivity index (χ3n) is 4.43. The van der Waals surface area contributed by atoms with Crippen LogP contribution < -0.4 is 4.74 Å². The van der Waals surface area contributed by atoms with Crippen molar-refractivity contribution in [1.29, 1.82) is 0 Å². The number of benzene rings is 2. The van der Waals surface area contributed by atoms with Gasteiger partial charge in [-0.15, -0.1) is 0 Å². The summed E-state index contributed by atoms with van der Waals surface area (Å²) in [6.45, 7) is 7.47. The van der Waals surface area contributed by atoms with Gasteiger partial charge in [0.05, 0.1) is 12.0 Å². The van der Waals surface area contributed by atoms with Gasteiger partial charge < -0.3 is 4.74 Å². The first-order valence-electron chi connectivity index (χ1n) is 7.93. The van der Waals surface area contributed by atoms with Crippen molar-refractivity contribution in [3.8, 4) is 5.75 Å². The number of ether oxygens (including phenoxy) is 1. The summed E-state index contributed by atoms with van der Waals surface area (Å²) in [5, 5.41) is 10.8. The number of nitro groups is 1. The van der Waals surface area contributed by atoms with Crippen LogP contribution in [0, 0.1) is 10.1 Å². The van der Waals surface area contributed by atoms with E-state index >= 15 is 0 Å². The topological polar surface area (TPSA) is 69.4 Å². The quantitative estimate of drug-likeness (QED) is 0.419. The predicted octanol–water partition coefficient (Wildman–Crippen LogP) is 4.64. The van der Waals surface area contributed by atoms with E-state index in [9.17, 15) is 14.9 Å². The number of nitrogens with zero attached hydrogens (tertiary/aromatic N) is 1. The standard InChI is InChI=1S/C20H21NO4/c1-13(15(3)22)20(17-7-11-19(25-4)12-8-17)14(2)16-5-9-18(10-6-16)21(23)24/h5-12,14,20H,1H2,2-4H3/t14-,20-/m0/s1. The molecule has 0 aliphatic heterocycles. The number of hydrogen-bond donors (Lipinski definition) is 0. The summed E-state index contributed by atoms with van der Waals surface area (Å²) in [6.07, 6.45) is 0. The summed E-state index contributed by atoms with van der Waals surface area (Å²) in [5.41, 5.74) is 2.42. The summed E-state index contributed by atoms with van der Waals surface area (Å²) >= 11 is 0. The summed E-state index contributed by atoms with van der Waals surface area (Å²) in [7, 11) is 1.60. The van der Waals surface area contributed by atoms with Gasteiger partial charge in [-0.25, -0.2) is 0 Å². The summed E-state index contributed by atoms with van der Waals surface area (Å²) in [4.78, 5) is 22.4. The highest BCUT2D eigenvalue weighted by Crippen LogP contribution is 2.39. The predicted molar refractivity (Wildman–Crippen MR) is 97.1 cm³/mol. The average molecular weight is 339 g/mol. The maximum Gasteiger partial charge on any atom is 0.269 e. The second-order valence-corrected chi connectivity index (χ2v) is 5.97. The Morgan fingerprint density at radius 2 is 1.60 bits per heavy atom. The third-order valence-corrected chi connectivity index (χ3v) is 4.43. The third kappa shape index (κ3) is 4.12. The highest BCUT2D eigenvalue weighted by Gasteiger charge is 2.26. The van der Waals surface area contributed by atoms with E-state index in [1.807, 2.05) is 31.2 Å². The minimum atomic E-state index is -0.427. The van der Waals surface area contributed by atoms with Gasteiger partial charge >= 0.3 is 0 Å². The van der Waals surface area contributed by atoms with Crippen LogP contribution in [-0.4, -0.2) is 17.8 Å². The number of carbonyl (C=O) groups excluding carboxylic acids is 1. The molecule has 0 heterocycles. The Hall–Kier alpha value is -2.95. The number of hydrogen-bond acceptors (Lipinski definition) is 4. The van der Waals surface area contributed by atoms with Crippen LogP contribution in [0.15, 0.2) is 60.7 Å². The van der Waals surface area contributed by atoms with Crippen molar-refractivity contribution in [2.24, 2.45) is 0 Å². The number of carbonyl (C=O) groups is 1. The van der Waals surface area contributed by atoms with Crippen LogP contribution in [0.3, 0.4) is 0 Å². The van der Waals surface area contributed by atoms with Crippen LogP contribution in [0.1, 0.15) is 36.8 Å². The Labute approximate surface area is 147 Å². The highest BCUT2D eigenvalue weighted by atomic mass is 16.6. The lowest BCUT2D eigenvalue weighted by Crippen LogP contribution is -2.15. The zero-order valence-electron chi connectivity index (χ0n) is 14.6. The number of methoxy groups -OCH3 is 1. The van der Waals surface area contributed by atoms with Gasteiger partial charge in [0.2, 0.25) is 0 Å². The zero-order valence-corrected chi connectivity index (χ0v) is 14.6. The first-order valence-corrected chi connectivity index (χ1v) is 7.93. The molecule has 0 unspecified atom stereocenters. The fourth-order valence-electron chi connectivity index (χ4n) is 2.91. The minimum absolute atomic E-state index is 0.0438. The van der Waals surface area contributed by atoms with Gasteiger partial charge in [0.25, 0.3) is 5.69 Å². The SMILES string of the molecule is C=C(C(C)=O)[C@H](c1ccc(OC)cc1)[C@@H](C)c1ccc([N+](=O)[O-])cc1. The van der Waals surface area contributed by atoms with Gasteiger partial charge in [-0.2, -0.15) is 0 Å². The molecule has 2 aromatic rings. The number of ketones is 1. The van der Waals surface area contributed by atoms with Gasteiger partial charge in [-0.3, -0.25) is 14.9 Å². The first kappa shape index (κ1) is 18.4. The average Bonchev–Trinajstić information content (AvgIpc) is 2.62. The van der Waals surface area contributed by atoms with E-state index in [0.29, 0.717) is 5.57 Å². The Balaban J connectivity index is 2.41. The second kappa shape index (κ2) is 7.75. The largest absolute Gasteiger partial charge is 0.497 e. The minimum Gasteiger partial charge on any atom is -0.497 e. The van der Waals surface area contributed by atoms with E-state index in [-0.39, 0.29) is 23.3 Å². The number of allylic oxidation sites excluding steroid dienone is 1. The van der Waals surface area contributed by atoms with Crippen molar-refractivity contribution in [3.05, 3.63) is 81.9 Å². The molecule has 5 nitrogen and oxygen atoms in total. The molecule has 2 aromatic carbocycles. The molecule has 5 heteroatoms. The molecule has 0 saturated carbocycles. The molecule has 2 rings (SSSR count). The highest BCUT2D eigenvalue weighted by molar-refractivity contribution is 5.94. The normalized spacial score (nSPS) is 12.9. The molecule has 0 N–H and O–H groups in total. The summed E-state index contributed by atoms with van der Waals surface area (Å²) in [5.74, 6) is 0.379. The van der Waals surface area contributed by atoms with Crippen LogP contribution in [0.25, 0.3) is 0 Å². The first-order chi connectivity index (χ1) is 11.8. The van der Waals surface area contributed by atoms with Crippen LogP contribution in [0.4, 0.5) is 5.69 Å². The second-order valence-electron chi connectivity index (χ2n) is 5.97. The van der Waals surface area contributed by atoms with Crippen molar-refractivity contribution < 1.29 is 14.5 Å². The van der Waals surface area contributed by atoms with Crippen molar-refractivity contribution in [1.82, 2.24) is 0 Å². The van der Waals surface area contributed by atoms with E-state index in [0.717, 1.165) is 16.9 Å². The van der Waals surface area contributed by atoms with E-state index < -0.39 is 4.92 Å². The van der Waals surface area contributed by atoms with Gasteiger partial charge in [0.15, 0.2) is 5.78 Å². The molecule has 130 valence electrons. The Morgan fingerprint density at radius 1 is 1.08 bits per heavy atom. The van der Waals surface area contributed by atoms with Gasteiger partial charge in [0.1, 0.15) is 5.75 Å². The lowest BCUT2D eigenvalue weighted by Gasteiger charge is -2.26. The van der Waals surface area contributed by atoms with E-state index in [4.69, 9.17) is 4.74 Å². The number of Topliss-reactive ketones (excluding diaryl/α,β-unsaturated/α-hetero) is 1. The fourth-order valence-corrected chi connectivity index (χ4v) is 2.91. The maximum atomic E-state index is 11.9. The van der Waals surface area contributed by atoms with Gasteiger partial charge in [0, 0.05) is 18.1 Å². The molecule has 0 aliphatic carbocycles. The van der Waals surface area contributed by atoms with Crippen molar-refractivity contribution in [3.63, 3.8) is 0 Å². The molecule has 0 aliphatic rings. The summed E-state index contributed by atoms with van der Waals surface area (Å²) in [6, 6.07) is 13.9. The van der Waals surface area contributed by atoms with E-state index in [2.05, 4.69) is 6.58 Å². The summed E-state index contributed by atoms with van der Waals surface area (Å²) < 4.78 is 5.18. The molecule has 25 heavy (non-hydrogen) atoms. The fraction of sp³-hybridized carbons (Fsp3) is 0.250. The van der Waals surface area contributed by atoms with Crippen LogP contribution in [0.5, 0.6) is 5.75 Å². The Morgan fingerprint density at radius 3 is 2.04 bits per heavy atom. The van der Waals surface area contributed by atoms with Crippen molar-refractivity contribution in [2.45, 2.75) is 25.7 Å². The molecule has 0 spiro atoms. The number of non-ortho nitro benzene ring substituents is 1. The molecular weight excluding hydrogens is 318 g/mol. The monoisotopic (exact) mass is 339 g/mol. The number of nitro benzene ring substituents is 1. The molecule has 0 amide bonds.